The molecule has 0 amide bonds. The normalized spacial score (nSPS) is 11.4. The summed E-state index contributed by atoms with van der Waals surface area (Å²) in [6.07, 6.45) is 0. The van der Waals surface area contributed by atoms with Crippen LogP contribution < -0.4 is 0 Å². The maximum absolute atomic E-state index is 12.4. The third-order valence-corrected chi connectivity index (χ3v) is 27.7. The Bertz CT molecular complexity index is 3750. The second-order valence-corrected chi connectivity index (χ2v) is 32.1. The number of hydrogen-bond donors (Lipinski definition) is 0. The van der Waals surface area contributed by atoms with Crippen LogP contribution in [0.25, 0.3) is 68.3 Å². The van der Waals surface area contributed by atoms with Gasteiger partial charge >= 0.3 is 0 Å². The highest BCUT2D eigenvalue weighted by Crippen LogP contribution is 2.50. The quantitative estimate of drug-likeness (QED) is 0.0389. The van der Waals surface area contributed by atoms with Crippen molar-refractivity contribution in [1.82, 2.24) is 0 Å². The lowest BCUT2D eigenvalue weighted by molar-refractivity contribution is -0.109. The van der Waals surface area contributed by atoms with Crippen molar-refractivity contribution in [2.24, 2.45) is 0 Å². The van der Waals surface area contributed by atoms with Crippen LogP contribution >= 0.6 is 206 Å². The summed E-state index contributed by atoms with van der Waals surface area (Å²) in [4.78, 5) is 68.3. The lowest BCUT2D eigenvalue weighted by atomic mass is 9.81. The summed E-state index contributed by atoms with van der Waals surface area (Å²) in [6, 6.07) is 49.9. The van der Waals surface area contributed by atoms with E-state index in [-0.39, 0.29) is 29.1 Å². The van der Waals surface area contributed by atoms with Crippen molar-refractivity contribution in [3.05, 3.63) is 218 Å². The molecule has 12 aromatic rings. The number of thiophene rings is 12. The average molecular weight is 1450 g/mol. The van der Waals surface area contributed by atoms with Gasteiger partial charge in [0.1, 0.15) is 0 Å². The number of Topliss-reactive ketones (excluding diaryl/α,β-unsaturated/α-hetero) is 3. The lowest BCUT2D eigenvalue weighted by Gasteiger charge is -2.11. The van der Waals surface area contributed by atoms with Gasteiger partial charge in [0.05, 0.1) is 37.9 Å². The molecular weight excluding hydrogens is 1400 g/mol. The van der Waals surface area contributed by atoms with E-state index < -0.39 is 5.24 Å². The molecule has 0 N–H and O–H groups in total. The average Bonchev–Trinajstić information content (AvgIpc) is 3.24. The molecule has 0 spiro atoms. The number of thioether (sulfide) groups is 3. The zero-order chi connectivity index (χ0) is 61.8. The van der Waals surface area contributed by atoms with Gasteiger partial charge in [-0.3, -0.25) is 19.2 Å². The van der Waals surface area contributed by atoms with Crippen molar-refractivity contribution in [3.63, 3.8) is 0 Å². The molecule has 0 bridgehead atoms. The van der Waals surface area contributed by atoms with Gasteiger partial charge < -0.3 is 0 Å². The molecule has 0 fully saturated rings. The minimum absolute atomic E-state index is 0.000488. The van der Waals surface area contributed by atoms with Gasteiger partial charge in [0.25, 0.3) is 0 Å². The predicted octanol–water partition coefficient (Wildman–Crippen LogP) is 22.8. The second kappa shape index (κ2) is 37.0. The summed E-state index contributed by atoms with van der Waals surface area (Å²) >= 11 is 40.6. The van der Waals surface area contributed by atoms with Crippen molar-refractivity contribution in [2.75, 3.05) is 23.3 Å². The highest BCUT2D eigenvalue weighted by Gasteiger charge is 2.18. The molecule has 0 aromatic carbocycles. The van der Waals surface area contributed by atoms with E-state index in [9.17, 15) is 19.2 Å². The summed E-state index contributed by atoms with van der Waals surface area (Å²) in [5.41, 5.74) is 0. The highest BCUT2D eigenvalue weighted by molar-refractivity contribution is 8.20. The molecule has 0 atom stereocenters. The van der Waals surface area contributed by atoms with E-state index in [0.717, 1.165) is 37.0 Å². The van der Waals surface area contributed by atoms with Gasteiger partial charge in [-0.25, -0.2) is 0 Å². The molecule has 12 aromatic heterocycles. The lowest BCUT2D eigenvalue weighted by Crippen LogP contribution is -2.05. The standard InChI is InChI=1S/C20H14O2S5.C20H12S6.C10H7ClOS2.C8H6S2.C2H2Cl2O.B2H.BH/c21-13(15-5-7-19(26-15)17-3-1-9-24-17)11-23-12-14(22)16-6-8-20(27-16)18-4-2-10-25-18;1-3-13(22-9-1)15-5-7-17(24-15)19-11-21-12-20(26-19)18-8-6-16(25-18)14-4-2-10-23-14;11-6-7(12)8-3-4-10(14-8)9-2-1-5-13-9;1-3-7(9-5-1)8-4-2-6-10-8;3-1-2(4)5;1-2;/h1-10H,11-12H2;1-12H;1-5H,6H2;1-6H;1H2;1H;1H/i;;;;;1D;1T. The van der Waals surface area contributed by atoms with Crippen molar-refractivity contribution in [1.29, 1.82) is 2.67 Å². The fourth-order valence-electron chi connectivity index (χ4n) is 6.98. The predicted molar refractivity (Wildman–Crippen MR) is 400 cm³/mol. The number of carbonyl (C=O) groups excluding carboxylic acids is 4. The maximum Gasteiger partial charge on any atom is 0.236 e. The van der Waals surface area contributed by atoms with Crippen LogP contribution in [0.2, 0.25) is 0 Å². The van der Waals surface area contributed by atoms with E-state index in [2.05, 4.69) is 133 Å². The Labute approximate surface area is 577 Å². The summed E-state index contributed by atoms with van der Waals surface area (Å²) < 4.78 is 11.1. The topological polar surface area (TPSA) is 68.3 Å². The molecule has 4 nitrogen and oxygen atoms in total. The number of ketones is 3. The molecule has 25 heteroatoms. The molecular formula is C60H43B3Cl3O4S15. The van der Waals surface area contributed by atoms with E-state index in [4.69, 9.17) is 37.5 Å². The highest BCUT2D eigenvalue weighted by atomic mass is 35.5. The van der Waals surface area contributed by atoms with Crippen LogP contribution in [0, 0.1) is 0 Å². The van der Waals surface area contributed by atoms with Crippen molar-refractivity contribution < 1.29 is 19.2 Å². The Kier molecular flexibility index (Phi) is 28.8. The Morgan fingerprint density at radius 3 is 0.953 bits per heavy atom. The number of rotatable bonds is 17. The summed E-state index contributed by atoms with van der Waals surface area (Å²) in [6.45, 7) is 0. The zero-order valence-corrected chi connectivity index (χ0v) is 58.5. The molecule has 0 saturated heterocycles. The Morgan fingerprint density at radius 2 is 0.682 bits per heavy atom. The largest absolute Gasteiger partial charge is 0.292 e. The first-order valence-corrected chi connectivity index (χ1v) is 39.0. The van der Waals surface area contributed by atoms with Crippen LogP contribution in [0.1, 0.15) is 38.8 Å². The SMILES string of the molecule is C1=C(c2ccc(-c3cccs3)s2)SC(c2ccc(-c3cccs3)s2)=CS1.O=C(CCl)c1ccc(-c2cccs2)s1.O=C(CSCC(=O)c1ccc(-c2cccs2)s1)c1ccc(-c2cccs2)s1.O=C(Cl)CCl.[2H][B][B].[3H][B].c1csc(-c2cccs2)c1. The fraction of sp³-hybridized carbons (Fsp3) is 0.0667. The van der Waals surface area contributed by atoms with E-state index in [1.807, 2.05) is 111 Å². The number of alkyl halides is 2. The fourth-order valence-corrected chi connectivity index (χ4v) is 21.1. The number of carbonyl (C=O) groups is 4. The van der Waals surface area contributed by atoms with Crippen LogP contribution in [0.4, 0.5) is 0 Å². The van der Waals surface area contributed by atoms with Crippen LogP contribution in [0.3, 0.4) is 0 Å². The first-order valence-electron chi connectivity index (χ1n) is 25.6. The first kappa shape index (κ1) is 66.1. The van der Waals surface area contributed by atoms with Gasteiger partial charge in [0.2, 0.25) is 5.24 Å². The second-order valence-electron chi connectivity index (χ2n) is 16.2. The van der Waals surface area contributed by atoms with E-state index in [0.29, 0.717) is 11.5 Å². The minimum atomic E-state index is -0.508. The summed E-state index contributed by atoms with van der Waals surface area (Å²) in [5.74, 6) is 0.807. The van der Waals surface area contributed by atoms with Gasteiger partial charge in [-0.05, 0) is 166 Å². The Hall–Kier alpha value is -3.33. The van der Waals surface area contributed by atoms with Crippen molar-refractivity contribution in [2.45, 2.75) is 0 Å². The van der Waals surface area contributed by atoms with E-state index in [1.54, 1.807) is 91.1 Å². The molecule has 1 aliphatic rings. The number of halogens is 3. The molecule has 427 valence electrons. The minimum Gasteiger partial charge on any atom is -0.292 e. The molecule has 1 aliphatic heterocycles. The van der Waals surface area contributed by atoms with E-state index >= 15 is 0 Å². The van der Waals surface area contributed by atoms with Crippen LogP contribution in [-0.4, -0.2) is 72.3 Å². The molecule has 13 heterocycles. The Balaban J connectivity index is 0.000000166. The van der Waals surface area contributed by atoms with Crippen LogP contribution in [0.15, 0.2) is 194 Å². The molecule has 0 aliphatic carbocycles. The van der Waals surface area contributed by atoms with Gasteiger partial charge in [-0.2, -0.15) is 0 Å². The molecule has 0 unspecified atom stereocenters. The third kappa shape index (κ3) is 20.9. The molecule has 13 rings (SSSR count). The molecule has 0 saturated carbocycles. The smallest absolute Gasteiger partial charge is 0.236 e. The maximum atomic E-state index is 12.4. The molecule has 85 heavy (non-hydrogen) atoms. The molecule has 5 radical (unpaired) electrons. The van der Waals surface area contributed by atoms with Crippen molar-refractivity contribution in [3.8, 4) is 58.5 Å². The van der Waals surface area contributed by atoms with Gasteiger partial charge in [0.15, 0.2) is 17.3 Å². The van der Waals surface area contributed by atoms with Crippen molar-refractivity contribution >= 4 is 262 Å². The van der Waals surface area contributed by atoms with E-state index in [1.165, 1.54) is 109 Å². The van der Waals surface area contributed by atoms with Gasteiger partial charge in [-0.15, -0.1) is 183 Å². The Morgan fingerprint density at radius 1 is 0.424 bits per heavy atom. The van der Waals surface area contributed by atoms with Crippen LogP contribution in [-0.2, 0) is 4.79 Å². The van der Waals surface area contributed by atoms with Gasteiger partial charge in [0, 0.05) is 102 Å². The summed E-state index contributed by atoms with van der Waals surface area (Å²) in [7, 11) is 8.89. The summed E-state index contributed by atoms with van der Waals surface area (Å²) in [5, 5.41) is 18.6. The first-order chi connectivity index (χ1) is 42.5. The van der Waals surface area contributed by atoms with Gasteiger partial charge in [-0.1, -0.05) is 54.2 Å². The van der Waals surface area contributed by atoms with Crippen LogP contribution in [0.5, 0.6) is 0 Å². The third-order valence-electron chi connectivity index (χ3n) is 10.7. The number of hydrogen-bond acceptors (Lipinski definition) is 19. The zero-order valence-electron chi connectivity index (χ0n) is 46.0. The monoisotopic (exact) mass is 1450 g/mol.